The van der Waals surface area contributed by atoms with Crippen LogP contribution in [-0.4, -0.2) is 36.9 Å². The smallest absolute Gasteiger partial charge is 0.132 e. The van der Waals surface area contributed by atoms with Gasteiger partial charge in [-0.25, -0.2) is 8.78 Å². The van der Waals surface area contributed by atoms with E-state index in [2.05, 4.69) is 66.4 Å². The number of nitrogens with zero attached hydrogens (tertiary/aromatic N) is 1. The summed E-state index contributed by atoms with van der Waals surface area (Å²) in [6.45, 7) is 5.59. The highest BCUT2D eigenvalue weighted by molar-refractivity contribution is 5.27. The Kier molecular flexibility index (Phi) is 8.02. The molecule has 0 N–H and O–H groups in total. The largest absolute Gasteiger partial charge is 0.303 e. The average molecular weight is 386 g/mol. The standard InChI is InChI=1S/C25H33F2N/c1-2-15-28(17-14-20-7-4-3-5-8-20)16-6-9-21-10-12-22(13-11-21)23-18-24(26)25(27)19-23/h3-5,7-8,10-13,23-25H,2,6,9,14-19H2,1H3. The van der Waals surface area contributed by atoms with Crippen molar-refractivity contribution in [2.24, 2.45) is 0 Å². The molecule has 0 saturated heterocycles. The number of hydrogen-bond acceptors (Lipinski definition) is 1. The van der Waals surface area contributed by atoms with Gasteiger partial charge in [0.25, 0.3) is 0 Å². The van der Waals surface area contributed by atoms with Crippen LogP contribution in [0.1, 0.15) is 55.2 Å². The Morgan fingerprint density at radius 1 is 0.786 bits per heavy atom. The number of alkyl halides is 2. The van der Waals surface area contributed by atoms with Crippen LogP contribution >= 0.6 is 0 Å². The average Bonchev–Trinajstić information content (AvgIpc) is 3.06. The quantitative estimate of drug-likeness (QED) is 0.476. The van der Waals surface area contributed by atoms with E-state index in [0.29, 0.717) is 12.8 Å². The van der Waals surface area contributed by atoms with Gasteiger partial charge >= 0.3 is 0 Å². The maximum absolute atomic E-state index is 13.4. The molecule has 1 aliphatic carbocycles. The van der Waals surface area contributed by atoms with Crippen molar-refractivity contribution < 1.29 is 8.78 Å². The molecule has 2 atom stereocenters. The molecule has 0 spiro atoms. The predicted octanol–water partition coefficient (Wildman–Crippen LogP) is 6.13. The molecule has 2 unspecified atom stereocenters. The van der Waals surface area contributed by atoms with Gasteiger partial charge in [-0.05, 0) is 74.2 Å². The molecule has 2 aromatic rings. The Bertz CT molecular complexity index is 675. The Labute approximate surface area is 168 Å². The first-order chi connectivity index (χ1) is 13.7. The van der Waals surface area contributed by atoms with Gasteiger partial charge in [-0.1, -0.05) is 61.5 Å². The monoisotopic (exact) mass is 385 g/mol. The third kappa shape index (κ3) is 6.13. The van der Waals surface area contributed by atoms with Gasteiger partial charge in [0, 0.05) is 6.54 Å². The van der Waals surface area contributed by atoms with E-state index < -0.39 is 12.3 Å². The van der Waals surface area contributed by atoms with Crippen LogP contribution in [0.5, 0.6) is 0 Å². The van der Waals surface area contributed by atoms with Gasteiger partial charge in [0.1, 0.15) is 12.3 Å². The van der Waals surface area contributed by atoms with E-state index >= 15 is 0 Å². The minimum Gasteiger partial charge on any atom is -0.303 e. The SMILES string of the molecule is CCCN(CCCc1ccc(C2CC(F)C(F)C2)cc1)CCc1ccccc1. The van der Waals surface area contributed by atoms with Crippen LogP contribution in [0.4, 0.5) is 8.78 Å². The molecule has 0 amide bonds. The molecule has 0 bridgehead atoms. The summed E-state index contributed by atoms with van der Waals surface area (Å²) in [5, 5.41) is 0. The lowest BCUT2D eigenvalue weighted by atomic mass is 9.96. The van der Waals surface area contributed by atoms with Crippen LogP contribution in [0.2, 0.25) is 0 Å². The van der Waals surface area contributed by atoms with Crippen molar-refractivity contribution >= 4 is 0 Å². The second kappa shape index (κ2) is 10.7. The highest BCUT2D eigenvalue weighted by Crippen LogP contribution is 2.38. The van der Waals surface area contributed by atoms with E-state index in [9.17, 15) is 8.78 Å². The zero-order chi connectivity index (χ0) is 19.8. The van der Waals surface area contributed by atoms with Crippen LogP contribution in [0.25, 0.3) is 0 Å². The molecule has 28 heavy (non-hydrogen) atoms. The van der Waals surface area contributed by atoms with Gasteiger partial charge < -0.3 is 4.90 Å². The normalized spacial score (nSPS) is 22.1. The lowest BCUT2D eigenvalue weighted by Gasteiger charge is -2.21. The van der Waals surface area contributed by atoms with E-state index in [-0.39, 0.29) is 5.92 Å². The molecule has 0 radical (unpaired) electrons. The van der Waals surface area contributed by atoms with Crippen LogP contribution in [0.15, 0.2) is 54.6 Å². The van der Waals surface area contributed by atoms with Gasteiger partial charge in [-0.2, -0.15) is 0 Å². The van der Waals surface area contributed by atoms with Gasteiger partial charge in [-0.3, -0.25) is 0 Å². The fourth-order valence-corrected chi connectivity index (χ4v) is 4.25. The molecular formula is C25H33F2N. The molecule has 1 fully saturated rings. The summed E-state index contributed by atoms with van der Waals surface area (Å²) < 4.78 is 26.9. The highest BCUT2D eigenvalue weighted by Gasteiger charge is 2.35. The van der Waals surface area contributed by atoms with E-state index in [1.165, 1.54) is 17.5 Å². The molecule has 3 heteroatoms. The highest BCUT2D eigenvalue weighted by atomic mass is 19.2. The third-order valence-electron chi connectivity index (χ3n) is 5.90. The molecule has 3 rings (SSSR count). The fraction of sp³-hybridized carbons (Fsp3) is 0.520. The Hall–Kier alpha value is -1.74. The molecule has 0 aliphatic heterocycles. The van der Waals surface area contributed by atoms with Gasteiger partial charge in [0.2, 0.25) is 0 Å². The van der Waals surface area contributed by atoms with Crippen molar-refractivity contribution in [1.29, 1.82) is 0 Å². The first-order valence-corrected chi connectivity index (χ1v) is 10.8. The van der Waals surface area contributed by atoms with Crippen molar-refractivity contribution in [3.8, 4) is 0 Å². The minimum absolute atomic E-state index is 0.0390. The zero-order valence-electron chi connectivity index (χ0n) is 17.0. The van der Waals surface area contributed by atoms with Crippen molar-refractivity contribution in [2.75, 3.05) is 19.6 Å². The molecule has 1 saturated carbocycles. The second-order valence-corrected chi connectivity index (χ2v) is 8.12. The fourth-order valence-electron chi connectivity index (χ4n) is 4.25. The molecule has 0 aromatic heterocycles. The summed E-state index contributed by atoms with van der Waals surface area (Å²) in [6, 6.07) is 19.1. The maximum atomic E-state index is 13.4. The lowest BCUT2D eigenvalue weighted by molar-refractivity contribution is 0.199. The van der Waals surface area contributed by atoms with Crippen molar-refractivity contribution in [2.45, 2.75) is 63.7 Å². The van der Waals surface area contributed by atoms with Gasteiger partial charge in [0.05, 0.1) is 0 Å². The third-order valence-corrected chi connectivity index (χ3v) is 5.90. The van der Waals surface area contributed by atoms with Crippen molar-refractivity contribution in [1.82, 2.24) is 4.90 Å². The first-order valence-electron chi connectivity index (χ1n) is 10.8. The number of halogens is 2. The van der Waals surface area contributed by atoms with E-state index in [0.717, 1.165) is 44.5 Å². The molecule has 1 nitrogen and oxygen atoms in total. The summed E-state index contributed by atoms with van der Waals surface area (Å²) in [4.78, 5) is 2.56. The predicted molar refractivity (Wildman–Crippen MR) is 113 cm³/mol. The zero-order valence-corrected chi connectivity index (χ0v) is 17.0. The Balaban J connectivity index is 1.43. The summed E-state index contributed by atoms with van der Waals surface area (Å²) in [7, 11) is 0. The van der Waals surface area contributed by atoms with Gasteiger partial charge in [-0.15, -0.1) is 0 Å². The molecule has 1 aliphatic rings. The molecular weight excluding hydrogens is 352 g/mol. The number of aryl methyl sites for hydroxylation is 1. The van der Waals surface area contributed by atoms with Crippen molar-refractivity contribution in [3.05, 3.63) is 71.3 Å². The summed E-state index contributed by atoms with van der Waals surface area (Å²) in [5.74, 6) is 0.0390. The molecule has 2 aromatic carbocycles. The lowest BCUT2D eigenvalue weighted by Crippen LogP contribution is -2.28. The van der Waals surface area contributed by atoms with E-state index in [1.54, 1.807) is 0 Å². The van der Waals surface area contributed by atoms with Gasteiger partial charge in [0.15, 0.2) is 0 Å². The van der Waals surface area contributed by atoms with Crippen LogP contribution < -0.4 is 0 Å². The Morgan fingerprint density at radius 3 is 2.07 bits per heavy atom. The number of benzene rings is 2. The Morgan fingerprint density at radius 2 is 1.43 bits per heavy atom. The second-order valence-electron chi connectivity index (χ2n) is 8.12. The topological polar surface area (TPSA) is 3.24 Å². The van der Waals surface area contributed by atoms with Crippen molar-refractivity contribution in [3.63, 3.8) is 0 Å². The van der Waals surface area contributed by atoms with Crippen LogP contribution in [0, 0.1) is 0 Å². The molecule has 0 heterocycles. The van der Waals surface area contributed by atoms with Crippen LogP contribution in [0.3, 0.4) is 0 Å². The number of rotatable bonds is 10. The first kappa shape index (κ1) is 21.0. The maximum Gasteiger partial charge on any atom is 0.132 e. The summed E-state index contributed by atoms with van der Waals surface area (Å²) >= 11 is 0. The van der Waals surface area contributed by atoms with E-state index in [1.807, 2.05) is 0 Å². The minimum atomic E-state index is -1.29. The summed E-state index contributed by atoms with van der Waals surface area (Å²) in [6.07, 6.45) is 2.54. The van der Waals surface area contributed by atoms with E-state index in [4.69, 9.17) is 0 Å². The number of hydrogen-bond donors (Lipinski definition) is 0. The molecule has 152 valence electrons. The van der Waals surface area contributed by atoms with Crippen LogP contribution in [-0.2, 0) is 12.8 Å². The summed E-state index contributed by atoms with van der Waals surface area (Å²) in [5.41, 5.74) is 3.80.